The molecule has 4 N–H and O–H groups in total. The maximum atomic E-state index is 10.0. The van der Waals surface area contributed by atoms with E-state index in [2.05, 4.69) is 13.8 Å². The van der Waals surface area contributed by atoms with Crippen molar-refractivity contribution in [1.29, 1.82) is 0 Å². The summed E-state index contributed by atoms with van der Waals surface area (Å²) in [6.45, 7) is 9.01. The minimum atomic E-state index is -0.573. The van der Waals surface area contributed by atoms with Crippen LogP contribution in [0.5, 0.6) is 5.75 Å². The van der Waals surface area contributed by atoms with Gasteiger partial charge in [-0.25, -0.2) is 0 Å². The number of nitrogens with two attached hydrogens (primary N) is 1. The molecule has 0 saturated carbocycles. The van der Waals surface area contributed by atoms with Gasteiger partial charge in [0.15, 0.2) is 0 Å². The highest BCUT2D eigenvalue weighted by Crippen LogP contribution is 2.32. The Morgan fingerprint density at radius 1 is 1.32 bits per heavy atom. The van der Waals surface area contributed by atoms with Crippen LogP contribution in [0.4, 0.5) is 0 Å². The van der Waals surface area contributed by atoms with E-state index in [9.17, 15) is 5.11 Å². The number of rotatable bonds is 9. The molecule has 0 aliphatic rings. The smallest absolute Gasteiger partial charge is 0.137 e. The van der Waals surface area contributed by atoms with Gasteiger partial charge in [-0.1, -0.05) is 32.4 Å². The maximum Gasteiger partial charge on any atom is 0.137 e. The molecule has 1 aromatic rings. The molecule has 0 spiro atoms. The van der Waals surface area contributed by atoms with Crippen molar-refractivity contribution in [3.8, 4) is 5.75 Å². The molecule has 22 heavy (non-hydrogen) atoms. The Morgan fingerprint density at radius 3 is 2.55 bits per heavy atom. The van der Waals surface area contributed by atoms with Crippen molar-refractivity contribution in [2.24, 2.45) is 0 Å². The zero-order valence-corrected chi connectivity index (χ0v) is 14.7. The normalized spacial score (nSPS) is 14.2. The van der Waals surface area contributed by atoms with E-state index in [-0.39, 0.29) is 19.3 Å². The molecule has 0 aliphatic heterocycles. The second-order valence-electron chi connectivity index (χ2n) is 6.08. The predicted molar refractivity (Wildman–Crippen MR) is 89.7 cm³/mol. The minimum Gasteiger partial charge on any atom is -0.490 e. The number of ether oxygens (including phenoxy) is 1. The van der Waals surface area contributed by atoms with Gasteiger partial charge in [0.2, 0.25) is 0 Å². The Bertz CT molecular complexity index is 461. The van der Waals surface area contributed by atoms with Gasteiger partial charge >= 0.3 is 0 Å². The molecular weight excluding hydrogens is 302 g/mol. The van der Waals surface area contributed by atoms with Gasteiger partial charge in [0, 0.05) is 5.02 Å². The fourth-order valence-electron chi connectivity index (χ4n) is 2.22. The first-order valence-corrected chi connectivity index (χ1v) is 8.31. The summed E-state index contributed by atoms with van der Waals surface area (Å²) in [6.07, 6.45) is 0.300. The maximum absolute atomic E-state index is 10.0. The highest BCUT2D eigenvalue weighted by molar-refractivity contribution is 6.31. The van der Waals surface area contributed by atoms with E-state index in [0.29, 0.717) is 12.5 Å². The molecule has 0 bridgehead atoms. The van der Waals surface area contributed by atoms with Crippen LogP contribution >= 0.6 is 11.6 Å². The summed E-state index contributed by atoms with van der Waals surface area (Å²) < 4.78 is 5.80. The molecule has 0 heterocycles. The van der Waals surface area contributed by atoms with Crippen LogP contribution < -0.4 is 10.1 Å². The molecule has 0 radical (unpaired) electrons. The summed E-state index contributed by atoms with van der Waals surface area (Å²) in [5.41, 5.74) is 2.02. The fourth-order valence-corrected chi connectivity index (χ4v) is 2.39. The number of halogens is 1. The third-order valence-electron chi connectivity index (χ3n) is 3.84. The quantitative estimate of drug-likeness (QED) is 0.647. The van der Waals surface area contributed by atoms with Gasteiger partial charge in [0.25, 0.3) is 0 Å². The van der Waals surface area contributed by atoms with E-state index in [4.69, 9.17) is 21.4 Å². The van der Waals surface area contributed by atoms with Crippen LogP contribution in [0, 0.1) is 6.92 Å². The van der Waals surface area contributed by atoms with Gasteiger partial charge in [-0.3, -0.25) is 0 Å². The number of hydrogen-bond acceptors (Lipinski definition) is 3. The second kappa shape index (κ2) is 9.36. The number of quaternary nitrogens is 1. The van der Waals surface area contributed by atoms with Crippen LogP contribution in [-0.2, 0) is 0 Å². The standard InChI is InChI=1S/C17H28ClNO3/c1-5-13(9-20)19-8-14(21)10-22-17-6-12(4)16(18)7-15(17)11(2)3/h6-7,11,13-14,19-21H,5,8-10H2,1-4H3/p+1/t13-,14-/m1/s1. The summed E-state index contributed by atoms with van der Waals surface area (Å²) in [6, 6.07) is 4.00. The van der Waals surface area contributed by atoms with E-state index in [0.717, 1.165) is 28.3 Å². The van der Waals surface area contributed by atoms with Gasteiger partial charge in [-0.05, 0) is 42.5 Å². The number of aliphatic hydroxyl groups is 2. The van der Waals surface area contributed by atoms with Crippen molar-refractivity contribution >= 4 is 11.6 Å². The molecule has 1 rings (SSSR count). The first-order chi connectivity index (χ1) is 10.4. The van der Waals surface area contributed by atoms with E-state index < -0.39 is 6.10 Å². The number of aliphatic hydroxyl groups excluding tert-OH is 2. The summed E-state index contributed by atoms with van der Waals surface area (Å²) in [7, 11) is 0. The monoisotopic (exact) mass is 330 g/mol. The SMILES string of the molecule is CC[C@H](CO)[NH2+]C[C@@H](O)COc1cc(C)c(Cl)cc1C(C)C. The zero-order valence-electron chi connectivity index (χ0n) is 14.0. The first-order valence-electron chi connectivity index (χ1n) is 7.94. The molecule has 0 fully saturated rings. The van der Waals surface area contributed by atoms with Gasteiger partial charge < -0.3 is 20.3 Å². The minimum absolute atomic E-state index is 0.123. The van der Waals surface area contributed by atoms with Crippen LogP contribution in [0.25, 0.3) is 0 Å². The van der Waals surface area contributed by atoms with Crippen molar-refractivity contribution in [2.75, 3.05) is 19.8 Å². The van der Waals surface area contributed by atoms with Crippen molar-refractivity contribution in [2.45, 2.75) is 52.2 Å². The third-order valence-corrected chi connectivity index (χ3v) is 4.25. The summed E-state index contributed by atoms with van der Waals surface area (Å²) in [5, 5.41) is 21.9. The lowest BCUT2D eigenvalue weighted by Gasteiger charge is -2.18. The molecular formula is C17H29ClNO3+. The van der Waals surface area contributed by atoms with Crippen LogP contribution in [0.3, 0.4) is 0 Å². The van der Waals surface area contributed by atoms with Gasteiger partial charge in [0.05, 0.1) is 6.61 Å². The molecule has 1 aromatic carbocycles. The highest BCUT2D eigenvalue weighted by Gasteiger charge is 2.15. The van der Waals surface area contributed by atoms with Crippen LogP contribution in [0.1, 0.15) is 44.2 Å². The number of hydrogen-bond donors (Lipinski definition) is 3. The molecule has 4 nitrogen and oxygen atoms in total. The first kappa shape index (κ1) is 19.2. The molecule has 126 valence electrons. The molecule has 0 amide bonds. The van der Waals surface area contributed by atoms with Crippen LogP contribution in [0.2, 0.25) is 5.02 Å². The second-order valence-corrected chi connectivity index (χ2v) is 6.49. The fraction of sp³-hybridized carbons (Fsp3) is 0.647. The largest absolute Gasteiger partial charge is 0.490 e. The lowest BCUT2D eigenvalue weighted by Crippen LogP contribution is -2.92. The van der Waals surface area contributed by atoms with Crippen LogP contribution in [-0.4, -0.2) is 42.1 Å². The number of benzene rings is 1. The van der Waals surface area contributed by atoms with E-state index >= 15 is 0 Å². The van der Waals surface area contributed by atoms with Crippen molar-refractivity contribution < 1.29 is 20.3 Å². The molecule has 0 aliphatic carbocycles. The highest BCUT2D eigenvalue weighted by atomic mass is 35.5. The molecule has 5 heteroatoms. The number of aryl methyl sites for hydroxylation is 1. The van der Waals surface area contributed by atoms with Gasteiger partial charge in [0.1, 0.15) is 31.0 Å². The van der Waals surface area contributed by atoms with E-state index in [1.165, 1.54) is 0 Å². The topological polar surface area (TPSA) is 66.3 Å². The predicted octanol–water partition coefficient (Wildman–Crippen LogP) is 1.85. The van der Waals surface area contributed by atoms with Crippen LogP contribution in [0.15, 0.2) is 12.1 Å². The molecule has 0 unspecified atom stereocenters. The molecule has 0 saturated heterocycles. The summed E-state index contributed by atoms with van der Waals surface area (Å²) in [5.74, 6) is 1.08. The van der Waals surface area contributed by atoms with Gasteiger partial charge in [-0.15, -0.1) is 0 Å². The van der Waals surface area contributed by atoms with Crippen molar-refractivity contribution in [3.63, 3.8) is 0 Å². The van der Waals surface area contributed by atoms with Crippen molar-refractivity contribution in [3.05, 3.63) is 28.3 Å². The van der Waals surface area contributed by atoms with Gasteiger partial charge in [-0.2, -0.15) is 0 Å². The van der Waals surface area contributed by atoms with Crippen molar-refractivity contribution in [1.82, 2.24) is 0 Å². The Balaban J connectivity index is 2.62. The summed E-state index contributed by atoms with van der Waals surface area (Å²) >= 11 is 6.18. The average molecular weight is 331 g/mol. The Kier molecular flexibility index (Phi) is 8.18. The summed E-state index contributed by atoms with van der Waals surface area (Å²) in [4.78, 5) is 0. The Morgan fingerprint density at radius 2 is 2.00 bits per heavy atom. The Labute approximate surface area is 138 Å². The third kappa shape index (κ3) is 5.76. The molecule has 2 atom stereocenters. The van der Waals surface area contributed by atoms with E-state index in [1.807, 2.05) is 31.3 Å². The molecule has 0 aromatic heterocycles. The lowest BCUT2D eigenvalue weighted by molar-refractivity contribution is -0.696. The average Bonchev–Trinajstić information content (AvgIpc) is 2.48. The lowest BCUT2D eigenvalue weighted by atomic mass is 10.0. The Hall–Kier alpha value is -0.810. The van der Waals surface area contributed by atoms with E-state index in [1.54, 1.807) is 0 Å². The zero-order chi connectivity index (χ0) is 16.7.